The second kappa shape index (κ2) is 7.37. The number of nitrogens with zero attached hydrogens (tertiary/aromatic N) is 3. The third kappa shape index (κ3) is 3.87. The van der Waals surface area contributed by atoms with Crippen LogP contribution in [-0.4, -0.2) is 52.4 Å². The van der Waals surface area contributed by atoms with Crippen molar-refractivity contribution in [2.45, 2.75) is 40.5 Å². The van der Waals surface area contributed by atoms with Gasteiger partial charge in [-0.1, -0.05) is 39.0 Å². The van der Waals surface area contributed by atoms with E-state index in [1.165, 1.54) is 0 Å². The zero-order valence-corrected chi connectivity index (χ0v) is 17.2. The highest BCUT2D eigenvalue weighted by atomic mass is 16.2. The summed E-state index contributed by atoms with van der Waals surface area (Å²) in [6.45, 7) is 10.6. The van der Waals surface area contributed by atoms with E-state index in [0.29, 0.717) is 19.5 Å². The van der Waals surface area contributed by atoms with E-state index >= 15 is 0 Å². The number of benzene rings is 1. The lowest BCUT2D eigenvalue weighted by Crippen LogP contribution is -2.42. The largest absolute Gasteiger partial charge is 0.348 e. The molecule has 2 heterocycles. The van der Waals surface area contributed by atoms with Gasteiger partial charge in [0.05, 0.1) is 6.42 Å². The number of aryl methyl sites for hydroxylation is 1. The van der Waals surface area contributed by atoms with E-state index in [2.05, 4.69) is 23.6 Å². The van der Waals surface area contributed by atoms with E-state index in [1.807, 2.05) is 49.8 Å². The van der Waals surface area contributed by atoms with Crippen LogP contribution in [0.1, 0.15) is 38.4 Å². The molecule has 0 unspecified atom stereocenters. The molecule has 1 aromatic heterocycles. The van der Waals surface area contributed by atoms with Crippen molar-refractivity contribution in [3.05, 3.63) is 35.5 Å². The minimum absolute atomic E-state index is 0.152. The average molecular weight is 370 g/mol. The van der Waals surface area contributed by atoms with E-state index in [9.17, 15) is 9.59 Å². The minimum Gasteiger partial charge on any atom is -0.348 e. The van der Waals surface area contributed by atoms with Crippen molar-refractivity contribution in [2.75, 3.05) is 26.2 Å². The summed E-state index contributed by atoms with van der Waals surface area (Å²) in [5.41, 5.74) is 3.05. The maximum atomic E-state index is 13.0. The van der Waals surface area contributed by atoms with Gasteiger partial charge in [-0.05, 0) is 25.0 Å². The Morgan fingerprint density at radius 3 is 2.33 bits per heavy atom. The molecular weight excluding hydrogens is 338 g/mol. The van der Waals surface area contributed by atoms with Crippen LogP contribution in [0.15, 0.2) is 24.3 Å². The first-order chi connectivity index (χ1) is 12.7. The van der Waals surface area contributed by atoms with Gasteiger partial charge in [-0.2, -0.15) is 0 Å². The van der Waals surface area contributed by atoms with Crippen molar-refractivity contribution in [3.8, 4) is 0 Å². The fourth-order valence-electron chi connectivity index (χ4n) is 3.93. The molecule has 1 aliphatic rings. The van der Waals surface area contributed by atoms with Gasteiger partial charge in [0.2, 0.25) is 11.8 Å². The molecule has 0 N–H and O–H groups in total. The van der Waals surface area contributed by atoms with Gasteiger partial charge in [0.1, 0.15) is 0 Å². The van der Waals surface area contributed by atoms with Gasteiger partial charge in [-0.3, -0.25) is 9.59 Å². The van der Waals surface area contributed by atoms with Crippen molar-refractivity contribution in [1.29, 1.82) is 0 Å². The minimum atomic E-state index is -0.376. The zero-order valence-electron chi connectivity index (χ0n) is 17.2. The lowest BCUT2D eigenvalue weighted by Gasteiger charge is -2.28. The quantitative estimate of drug-likeness (QED) is 0.816. The lowest BCUT2D eigenvalue weighted by atomic mass is 9.94. The molecule has 146 valence electrons. The molecule has 1 fully saturated rings. The van der Waals surface area contributed by atoms with Crippen molar-refractivity contribution < 1.29 is 9.59 Å². The third-order valence-corrected chi connectivity index (χ3v) is 5.64. The molecule has 5 nitrogen and oxygen atoms in total. The Labute approximate surface area is 161 Å². The fraction of sp³-hybridized carbons (Fsp3) is 0.545. The summed E-state index contributed by atoms with van der Waals surface area (Å²) in [7, 11) is 2.05. The second-order valence-electron chi connectivity index (χ2n) is 8.59. The van der Waals surface area contributed by atoms with Gasteiger partial charge in [0.25, 0.3) is 0 Å². The van der Waals surface area contributed by atoms with E-state index < -0.39 is 0 Å². The van der Waals surface area contributed by atoms with Gasteiger partial charge >= 0.3 is 0 Å². The normalized spacial score (nSPS) is 15.9. The molecule has 1 aromatic carbocycles. The molecule has 0 aliphatic carbocycles. The first-order valence-electron chi connectivity index (χ1n) is 9.80. The van der Waals surface area contributed by atoms with Gasteiger partial charge < -0.3 is 14.4 Å². The van der Waals surface area contributed by atoms with Gasteiger partial charge in [-0.15, -0.1) is 0 Å². The second-order valence-corrected chi connectivity index (χ2v) is 8.59. The summed E-state index contributed by atoms with van der Waals surface area (Å²) in [6, 6.07) is 8.25. The maximum Gasteiger partial charge on any atom is 0.228 e. The molecule has 2 aromatic rings. The molecule has 0 atom stereocenters. The van der Waals surface area contributed by atoms with E-state index in [1.54, 1.807) is 0 Å². The highest BCUT2D eigenvalue weighted by molar-refractivity contribution is 5.90. The molecule has 0 saturated carbocycles. The highest BCUT2D eigenvalue weighted by Crippen LogP contribution is 2.26. The molecule has 0 bridgehead atoms. The Kier molecular flexibility index (Phi) is 5.31. The Morgan fingerprint density at radius 1 is 1.00 bits per heavy atom. The van der Waals surface area contributed by atoms with Crippen LogP contribution in [0, 0.1) is 12.3 Å². The van der Waals surface area contributed by atoms with Gasteiger partial charge in [0, 0.05) is 55.2 Å². The molecule has 2 amide bonds. The average Bonchev–Trinajstić information content (AvgIpc) is 2.81. The monoisotopic (exact) mass is 369 g/mol. The molecule has 0 radical (unpaired) electrons. The molecule has 3 rings (SSSR count). The Morgan fingerprint density at radius 2 is 1.63 bits per heavy atom. The molecule has 1 aliphatic heterocycles. The number of carbonyl (C=O) groups excluding carboxylic acids is 2. The Balaban J connectivity index is 1.73. The topological polar surface area (TPSA) is 45.6 Å². The van der Waals surface area contributed by atoms with Crippen LogP contribution in [0.3, 0.4) is 0 Å². The number of hydrogen-bond acceptors (Lipinski definition) is 2. The predicted octanol–water partition coefficient (Wildman–Crippen LogP) is 3.14. The molecule has 0 spiro atoms. The molecular formula is C22H31N3O2. The summed E-state index contributed by atoms with van der Waals surface area (Å²) in [4.78, 5) is 29.4. The SMILES string of the molecule is Cc1c(CC(=O)N2CCCN(C(=O)C(C)(C)C)CC2)c2ccccc2n1C. The number of aromatic nitrogens is 1. The van der Waals surface area contributed by atoms with Gasteiger partial charge in [0.15, 0.2) is 0 Å². The smallest absolute Gasteiger partial charge is 0.228 e. The summed E-state index contributed by atoms with van der Waals surface area (Å²) in [5.74, 6) is 0.321. The number of para-hydroxylation sites is 1. The summed E-state index contributed by atoms with van der Waals surface area (Å²) in [5, 5.41) is 1.16. The first-order valence-corrected chi connectivity index (χ1v) is 9.80. The number of hydrogen-bond donors (Lipinski definition) is 0. The first kappa shape index (κ1) is 19.5. The standard InChI is InChI=1S/C22H31N3O2/c1-16-18(17-9-6-7-10-19(17)23(16)5)15-20(26)24-11-8-12-25(14-13-24)21(27)22(2,3)4/h6-7,9-10H,8,11-15H2,1-5H3. The molecule has 5 heteroatoms. The molecule has 1 saturated heterocycles. The van der Waals surface area contributed by atoms with Crippen LogP contribution < -0.4 is 0 Å². The number of rotatable bonds is 2. The van der Waals surface area contributed by atoms with Crippen molar-refractivity contribution in [2.24, 2.45) is 12.5 Å². The Bertz CT molecular complexity index is 860. The highest BCUT2D eigenvalue weighted by Gasteiger charge is 2.29. The number of carbonyl (C=O) groups is 2. The van der Waals surface area contributed by atoms with E-state index in [0.717, 1.165) is 41.7 Å². The third-order valence-electron chi connectivity index (χ3n) is 5.64. The summed E-state index contributed by atoms with van der Waals surface area (Å²) < 4.78 is 2.16. The van der Waals surface area contributed by atoms with Crippen molar-refractivity contribution in [3.63, 3.8) is 0 Å². The maximum absolute atomic E-state index is 13.0. The van der Waals surface area contributed by atoms with Crippen LogP contribution >= 0.6 is 0 Å². The van der Waals surface area contributed by atoms with Gasteiger partial charge in [-0.25, -0.2) is 0 Å². The van der Waals surface area contributed by atoms with E-state index in [-0.39, 0.29) is 17.2 Å². The predicted molar refractivity (Wildman–Crippen MR) is 109 cm³/mol. The van der Waals surface area contributed by atoms with Crippen molar-refractivity contribution >= 4 is 22.7 Å². The number of amides is 2. The van der Waals surface area contributed by atoms with Crippen LogP contribution in [0.4, 0.5) is 0 Å². The van der Waals surface area contributed by atoms with Crippen molar-refractivity contribution in [1.82, 2.24) is 14.4 Å². The summed E-state index contributed by atoms with van der Waals surface area (Å²) >= 11 is 0. The van der Waals surface area contributed by atoms with E-state index in [4.69, 9.17) is 0 Å². The fourth-order valence-corrected chi connectivity index (χ4v) is 3.93. The lowest BCUT2D eigenvalue weighted by molar-refractivity contribution is -0.139. The van der Waals surface area contributed by atoms with Crippen LogP contribution in [0.25, 0.3) is 10.9 Å². The van der Waals surface area contributed by atoms with Crippen LogP contribution in [-0.2, 0) is 23.1 Å². The number of fused-ring (bicyclic) bond motifs is 1. The zero-order chi connectivity index (χ0) is 19.8. The summed E-state index contributed by atoms with van der Waals surface area (Å²) in [6.07, 6.45) is 1.25. The van der Waals surface area contributed by atoms with Crippen LogP contribution in [0.2, 0.25) is 0 Å². The molecule has 27 heavy (non-hydrogen) atoms. The Hall–Kier alpha value is -2.30. The van der Waals surface area contributed by atoms with Crippen LogP contribution in [0.5, 0.6) is 0 Å².